The van der Waals surface area contributed by atoms with E-state index in [9.17, 15) is 0 Å². The summed E-state index contributed by atoms with van der Waals surface area (Å²) in [6.07, 6.45) is 0.211. The summed E-state index contributed by atoms with van der Waals surface area (Å²) in [4.78, 5) is 0. The van der Waals surface area contributed by atoms with Gasteiger partial charge in [-0.3, -0.25) is 0 Å². The van der Waals surface area contributed by atoms with Crippen molar-refractivity contribution in [1.82, 2.24) is 5.01 Å². The number of nitrogens with zero attached hydrogens (tertiary/aromatic N) is 2. The van der Waals surface area contributed by atoms with Gasteiger partial charge in [0.1, 0.15) is 11.5 Å². The van der Waals surface area contributed by atoms with Crippen LogP contribution < -0.4 is 9.47 Å². The molecule has 0 N–H and O–H groups in total. The first-order valence-electron chi connectivity index (χ1n) is 9.45. The molecule has 0 aromatic heterocycles. The molecule has 4 nitrogen and oxygen atoms in total. The lowest BCUT2D eigenvalue weighted by Crippen LogP contribution is -2.34. The molecule has 0 bridgehead atoms. The fourth-order valence-electron chi connectivity index (χ4n) is 4.01. The average molecular weight is 460 g/mol. The van der Waals surface area contributed by atoms with Gasteiger partial charge in [-0.15, -0.1) is 0 Å². The van der Waals surface area contributed by atoms with E-state index in [1.54, 1.807) is 13.2 Å². The second kappa shape index (κ2) is 7.69. The Morgan fingerprint density at radius 1 is 0.967 bits per heavy atom. The van der Waals surface area contributed by atoms with E-state index < -0.39 is 6.23 Å². The first-order chi connectivity index (χ1) is 14.5. The maximum absolute atomic E-state index is 6.52. The van der Waals surface area contributed by atoms with Crippen LogP contribution in [0.2, 0.25) is 15.1 Å². The highest BCUT2D eigenvalue weighted by Gasteiger charge is 2.42. The lowest BCUT2D eigenvalue weighted by molar-refractivity contribution is -0.0202. The van der Waals surface area contributed by atoms with E-state index in [1.165, 1.54) is 0 Å². The molecule has 0 saturated carbocycles. The molecule has 3 aromatic carbocycles. The first-order valence-corrected chi connectivity index (χ1v) is 10.6. The second-order valence-electron chi connectivity index (χ2n) is 7.17. The molecule has 0 aliphatic carbocycles. The van der Waals surface area contributed by atoms with Gasteiger partial charge >= 0.3 is 0 Å². The third-order valence-corrected chi connectivity index (χ3v) is 6.14. The summed E-state index contributed by atoms with van der Waals surface area (Å²) in [5.41, 5.74) is 3.76. The van der Waals surface area contributed by atoms with Crippen LogP contribution in [-0.4, -0.2) is 17.8 Å². The minimum Gasteiger partial charge on any atom is -0.496 e. The van der Waals surface area contributed by atoms with E-state index >= 15 is 0 Å². The third kappa shape index (κ3) is 3.29. The first kappa shape index (κ1) is 19.6. The van der Waals surface area contributed by atoms with Gasteiger partial charge in [0.2, 0.25) is 6.23 Å². The predicted octanol–water partition coefficient (Wildman–Crippen LogP) is 6.90. The van der Waals surface area contributed by atoms with E-state index in [1.807, 2.05) is 59.6 Å². The Labute approximate surface area is 189 Å². The van der Waals surface area contributed by atoms with Crippen LogP contribution in [0, 0.1) is 0 Å². The number of benzene rings is 3. The van der Waals surface area contributed by atoms with Crippen LogP contribution in [-0.2, 0) is 0 Å². The molecule has 2 atom stereocenters. The van der Waals surface area contributed by atoms with Gasteiger partial charge in [-0.2, -0.15) is 5.10 Å². The molecule has 0 unspecified atom stereocenters. The molecule has 7 heteroatoms. The highest BCUT2D eigenvalue weighted by atomic mass is 35.5. The minimum absolute atomic E-state index is 0.0643. The third-order valence-electron chi connectivity index (χ3n) is 5.39. The van der Waals surface area contributed by atoms with Crippen LogP contribution in [0.4, 0.5) is 0 Å². The molecule has 2 heterocycles. The zero-order valence-electron chi connectivity index (χ0n) is 16.0. The molecule has 3 aromatic rings. The van der Waals surface area contributed by atoms with Crippen LogP contribution in [0.15, 0.2) is 65.8 Å². The topological polar surface area (TPSA) is 34.1 Å². The van der Waals surface area contributed by atoms with Crippen LogP contribution in [0.25, 0.3) is 0 Å². The van der Waals surface area contributed by atoms with Crippen molar-refractivity contribution in [3.63, 3.8) is 0 Å². The van der Waals surface area contributed by atoms with Crippen molar-refractivity contribution in [3.05, 3.63) is 92.4 Å². The number of halogens is 3. The number of rotatable bonds is 3. The van der Waals surface area contributed by atoms with Crippen molar-refractivity contribution >= 4 is 40.5 Å². The Hall–Kier alpha value is -2.40. The summed E-state index contributed by atoms with van der Waals surface area (Å²) in [6, 6.07) is 19.0. The Balaban J connectivity index is 1.65. The maximum atomic E-state index is 6.52. The van der Waals surface area contributed by atoms with E-state index in [4.69, 9.17) is 49.4 Å². The SMILES string of the molecule is COc1ccccc1[C@@H]1Oc2c(Cl)cc(Cl)cc2[C@H]2CC(c3ccc(Cl)cc3)=NN21. The monoisotopic (exact) mass is 458 g/mol. The van der Waals surface area contributed by atoms with Gasteiger partial charge in [-0.25, -0.2) is 5.01 Å². The van der Waals surface area contributed by atoms with Crippen molar-refractivity contribution in [2.75, 3.05) is 7.11 Å². The summed E-state index contributed by atoms with van der Waals surface area (Å²) in [7, 11) is 1.65. The Bertz CT molecular complexity index is 1150. The number of methoxy groups -OCH3 is 1. The van der Waals surface area contributed by atoms with Crippen LogP contribution >= 0.6 is 34.8 Å². The molecule has 2 aliphatic heterocycles. The molecule has 2 aliphatic rings. The van der Waals surface area contributed by atoms with Crippen molar-refractivity contribution in [3.8, 4) is 11.5 Å². The molecule has 30 heavy (non-hydrogen) atoms. The zero-order chi connectivity index (χ0) is 20.8. The number of fused-ring (bicyclic) bond motifs is 3. The van der Waals surface area contributed by atoms with Crippen molar-refractivity contribution in [1.29, 1.82) is 0 Å². The zero-order valence-corrected chi connectivity index (χ0v) is 18.2. The molecule has 0 radical (unpaired) electrons. The quantitative estimate of drug-likeness (QED) is 0.427. The molecule has 0 amide bonds. The molecule has 0 spiro atoms. The van der Waals surface area contributed by atoms with Crippen LogP contribution in [0.1, 0.15) is 35.4 Å². The lowest BCUT2D eigenvalue weighted by atomic mass is 9.95. The van der Waals surface area contributed by atoms with E-state index in [2.05, 4.69) is 0 Å². The standard InChI is InChI=1S/C23H17Cl3N2O2/c1-29-21-5-3-2-4-16(21)23-28-20(17-10-15(25)11-18(26)22(17)30-23)12-19(27-28)13-6-8-14(24)9-7-13/h2-11,20,23H,12H2,1H3/t20-,23+/m1/s1. The number of hydrogen-bond donors (Lipinski definition) is 0. The Kier molecular flexibility index (Phi) is 5.02. The van der Waals surface area contributed by atoms with Gasteiger partial charge in [-0.05, 0) is 42.0 Å². The van der Waals surface area contributed by atoms with Gasteiger partial charge in [0.25, 0.3) is 0 Å². The summed E-state index contributed by atoms with van der Waals surface area (Å²) in [6.45, 7) is 0. The van der Waals surface area contributed by atoms with Crippen molar-refractivity contribution in [2.24, 2.45) is 5.10 Å². The lowest BCUT2D eigenvalue weighted by Gasteiger charge is -2.39. The van der Waals surface area contributed by atoms with E-state index in [-0.39, 0.29) is 6.04 Å². The van der Waals surface area contributed by atoms with Crippen molar-refractivity contribution < 1.29 is 9.47 Å². The number of hydrogen-bond acceptors (Lipinski definition) is 4. The highest BCUT2D eigenvalue weighted by molar-refractivity contribution is 6.35. The fourth-order valence-corrected chi connectivity index (χ4v) is 4.69. The second-order valence-corrected chi connectivity index (χ2v) is 8.45. The highest BCUT2D eigenvalue weighted by Crippen LogP contribution is 2.51. The van der Waals surface area contributed by atoms with Crippen LogP contribution in [0.5, 0.6) is 11.5 Å². The normalized spacial score (nSPS) is 19.6. The van der Waals surface area contributed by atoms with Crippen molar-refractivity contribution in [2.45, 2.75) is 18.7 Å². The summed E-state index contributed by atoms with van der Waals surface area (Å²) in [5, 5.41) is 8.65. The molecular weight excluding hydrogens is 443 g/mol. The maximum Gasteiger partial charge on any atom is 0.217 e. The van der Waals surface area contributed by atoms with E-state index in [0.717, 1.165) is 28.2 Å². The fraction of sp³-hybridized carbons (Fsp3) is 0.174. The Morgan fingerprint density at radius 3 is 2.50 bits per heavy atom. The summed E-state index contributed by atoms with van der Waals surface area (Å²) < 4.78 is 12.0. The predicted molar refractivity (Wildman–Crippen MR) is 120 cm³/mol. The Morgan fingerprint density at radius 2 is 1.73 bits per heavy atom. The molecular formula is C23H17Cl3N2O2. The minimum atomic E-state index is -0.484. The molecule has 0 saturated heterocycles. The van der Waals surface area contributed by atoms with Gasteiger partial charge in [-0.1, -0.05) is 59.1 Å². The van der Waals surface area contributed by atoms with E-state index in [0.29, 0.717) is 27.2 Å². The van der Waals surface area contributed by atoms with Gasteiger partial charge in [0.05, 0.1) is 29.4 Å². The summed E-state index contributed by atoms with van der Waals surface area (Å²) in [5.74, 6) is 1.36. The number of ether oxygens (including phenoxy) is 2. The number of hydrazone groups is 1. The number of para-hydroxylation sites is 1. The molecule has 152 valence electrons. The summed E-state index contributed by atoms with van der Waals surface area (Å²) >= 11 is 18.9. The smallest absolute Gasteiger partial charge is 0.217 e. The average Bonchev–Trinajstić information content (AvgIpc) is 3.19. The molecule has 5 rings (SSSR count). The molecule has 0 fully saturated rings. The van der Waals surface area contributed by atoms with Gasteiger partial charge in [0.15, 0.2) is 0 Å². The van der Waals surface area contributed by atoms with Crippen LogP contribution in [0.3, 0.4) is 0 Å². The van der Waals surface area contributed by atoms with Gasteiger partial charge < -0.3 is 9.47 Å². The van der Waals surface area contributed by atoms with Gasteiger partial charge in [0, 0.05) is 22.0 Å². The largest absolute Gasteiger partial charge is 0.496 e.